The maximum Gasteiger partial charge on any atom is 0.302 e. The van der Waals surface area contributed by atoms with Gasteiger partial charge in [-0.05, 0) is 73.5 Å². The van der Waals surface area contributed by atoms with Gasteiger partial charge in [0.1, 0.15) is 6.10 Å². The summed E-state index contributed by atoms with van der Waals surface area (Å²) in [5.74, 6) is 2.11. The van der Waals surface area contributed by atoms with Crippen LogP contribution in [0.3, 0.4) is 0 Å². The van der Waals surface area contributed by atoms with E-state index in [0.717, 1.165) is 12.8 Å². The van der Waals surface area contributed by atoms with Crippen LogP contribution in [0.1, 0.15) is 53.4 Å². The maximum atomic E-state index is 11.8. The second-order valence-electron chi connectivity index (χ2n) is 9.31. The number of fused-ring (bicyclic) bond motifs is 5. The van der Waals surface area contributed by atoms with Crippen molar-refractivity contribution in [2.75, 3.05) is 0 Å². The molecule has 0 aromatic heterocycles. The predicted octanol–water partition coefficient (Wildman–Crippen LogP) is 4.64. The van der Waals surface area contributed by atoms with Crippen LogP contribution in [0.5, 0.6) is 0 Å². The highest BCUT2D eigenvalue weighted by Gasteiger charge is 2.58. The van der Waals surface area contributed by atoms with Gasteiger partial charge in [0.25, 0.3) is 0 Å². The third-order valence-corrected chi connectivity index (χ3v) is 8.11. The lowest BCUT2D eigenvalue weighted by Gasteiger charge is -2.55. The van der Waals surface area contributed by atoms with Crippen molar-refractivity contribution in [3.8, 4) is 0 Å². The van der Waals surface area contributed by atoms with Crippen molar-refractivity contribution in [2.24, 2.45) is 34.5 Å². The van der Waals surface area contributed by atoms with Gasteiger partial charge in [-0.3, -0.25) is 9.59 Å². The summed E-state index contributed by atoms with van der Waals surface area (Å²) in [4.78, 5) is 23.3. The van der Waals surface area contributed by atoms with Crippen LogP contribution < -0.4 is 0 Å². The summed E-state index contributed by atoms with van der Waals surface area (Å²) in [7, 11) is 0. The first kappa shape index (κ1) is 17.8. The molecule has 0 saturated heterocycles. The molecule has 4 aliphatic rings. The fraction of sp³-hybridized carbons (Fsp3) is 0.652. The van der Waals surface area contributed by atoms with Crippen LogP contribution in [0, 0.1) is 34.5 Å². The molecule has 0 heterocycles. The van der Waals surface area contributed by atoms with E-state index in [1.165, 1.54) is 25.3 Å². The van der Waals surface area contributed by atoms with Gasteiger partial charge in [-0.15, -0.1) is 0 Å². The molecule has 0 aromatic carbocycles. The largest absolute Gasteiger partial charge is 0.463 e. The molecule has 0 aliphatic heterocycles. The maximum absolute atomic E-state index is 11.8. The average Bonchev–Trinajstić information content (AvgIpc) is 2.92. The van der Waals surface area contributed by atoms with Crippen molar-refractivity contribution >= 4 is 11.8 Å². The second-order valence-corrected chi connectivity index (χ2v) is 9.31. The molecule has 4 rings (SSSR count). The number of carbonyl (C=O) groups excluding carboxylic acids is 2. The first-order valence-electron chi connectivity index (χ1n) is 10.1. The van der Waals surface area contributed by atoms with Crippen LogP contribution in [-0.2, 0) is 14.3 Å². The van der Waals surface area contributed by atoms with Crippen molar-refractivity contribution in [3.63, 3.8) is 0 Å². The minimum absolute atomic E-state index is 0.00939. The van der Waals surface area contributed by atoms with Gasteiger partial charge in [0.15, 0.2) is 5.78 Å². The number of hydrogen-bond donors (Lipinski definition) is 0. The normalized spacial score (nSPS) is 44.6. The van der Waals surface area contributed by atoms with Gasteiger partial charge in [0.05, 0.1) is 0 Å². The van der Waals surface area contributed by atoms with Crippen LogP contribution in [0.15, 0.2) is 36.0 Å². The number of allylic oxidation sites excluding steroid dienone is 6. The Bertz CT molecular complexity index is 730. The highest BCUT2D eigenvalue weighted by molar-refractivity contribution is 6.01. The zero-order chi connectivity index (χ0) is 18.7. The molecule has 0 radical (unpaired) electrons. The van der Waals surface area contributed by atoms with Crippen LogP contribution in [0.25, 0.3) is 0 Å². The molecule has 3 heteroatoms. The zero-order valence-electron chi connectivity index (χ0n) is 16.3. The zero-order valence-corrected chi connectivity index (χ0v) is 16.3. The summed E-state index contributed by atoms with van der Waals surface area (Å²) in [6.45, 7) is 8.31. The van der Waals surface area contributed by atoms with E-state index < -0.39 is 0 Å². The molecular weight excluding hydrogens is 324 g/mol. The lowest BCUT2D eigenvalue weighted by molar-refractivity contribution is -0.151. The van der Waals surface area contributed by atoms with E-state index in [9.17, 15) is 9.59 Å². The Hall–Kier alpha value is -1.64. The fourth-order valence-electron chi connectivity index (χ4n) is 6.81. The number of carbonyl (C=O) groups is 2. The molecule has 0 amide bonds. The first-order valence-corrected chi connectivity index (χ1v) is 10.1. The van der Waals surface area contributed by atoms with E-state index in [1.54, 1.807) is 6.08 Å². The van der Waals surface area contributed by atoms with Crippen molar-refractivity contribution in [1.29, 1.82) is 0 Å². The molecule has 0 N–H and O–H groups in total. The molecule has 26 heavy (non-hydrogen) atoms. The standard InChI is InChI=1S/C23H30O3/c1-14(26-15(2)24)19-7-8-20-18-6-5-16-13-17(25)9-11-22(16,3)21(18)10-12-23(19,20)4/h5-6,9,11,13-14,18-21H,7-8,10,12H2,1-4H3/t14-,18-,19+,20-,21-,22-,23+/m0/s1. The van der Waals surface area contributed by atoms with Crippen molar-refractivity contribution in [2.45, 2.75) is 59.5 Å². The number of esters is 1. The Morgan fingerprint density at radius 1 is 1.19 bits per heavy atom. The molecule has 0 spiro atoms. The molecule has 0 unspecified atom stereocenters. The van der Waals surface area contributed by atoms with Crippen LogP contribution in [0.4, 0.5) is 0 Å². The van der Waals surface area contributed by atoms with Crippen molar-refractivity contribution in [3.05, 3.63) is 36.0 Å². The predicted molar refractivity (Wildman–Crippen MR) is 101 cm³/mol. The van der Waals surface area contributed by atoms with E-state index in [4.69, 9.17) is 4.74 Å². The summed E-state index contributed by atoms with van der Waals surface area (Å²) in [6.07, 6.45) is 15.0. The Morgan fingerprint density at radius 2 is 1.96 bits per heavy atom. The smallest absolute Gasteiger partial charge is 0.302 e. The van der Waals surface area contributed by atoms with Crippen LogP contribution in [-0.4, -0.2) is 17.9 Å². The second kappa shape index (κ2) is 5.94. The van der Waals surface area contributed by atoms with Crippen LogP contribution >= 0.6 is 0 Å². The number of hydrogen-bond acceptors (Lipinski definition) is 3. The highest BCUT2D eigenvalue weighted by atomic mass is 16.5. The Kier molecular flexibility index (Phi) is 4.05. The molecule has 2 saturated carbocycles. The van der Waals surface area contributed by atoms with E-state index in [1.807, 2.05) is 6.08 Å². The van der Waals surface area contributed by atoms with E-state index in [2.05, 4.69) is 39.0 Å². The summed E-state index contributed by atoms with van der Waals surface area (Å²) >= 11 is 0. The first-order chi connectivity index (χ1) is 12.3. The quantitative estimate of drug-likeness (QED) is 0.679. The van der Waals surface area contributed by atoms with Gasteiger partial charge in [0, 0.05) is 18.3 Å². The number of rotatable bonds is 2. The minimum Gasteiger partial charge on any atom is -0.463 e. The van der Waals surface area contributed by atoms with Crippen molar-refractivity contribution < 1.29 is 14.3 Å². The van der Waals surface area contributed by atoms with Gasteiger partial charge in [-0.25, -0.2) is 0 Å². The summed E-state index contributed by atoms with van der Waals surface area (Å²) in [5.41, 5.74) is 1.39. The number of ether oxygens (including phenoxy) is 1. The Balaban J connectivity index is 1.65. The SMILES string of the molecule is CC(=O)O[C@@H](C)[C@H]1CC[C@H]2[C@@H]3C=CC4=CC(=O)C=C[C@]4(C)[C@H]3CC[C@]12C. The van der Waals surface area contributed by atoms with Gasteiger partial charge in [-0.2, -0.15) is 0 Å². The molecule has 4 aliphatic carbocycles. The topological polar surface area (TPSA) is 43.4 Å². The van der Waals surface area contributed by atoms with Crippen molar-refractivity contribution in [1.82, 2.24) is 0 Å². The molecule has 7 atom stereocenters. The third-order valence-electron chi connectivity index (χ3n) is 8.11. The van der Waals surface area contributed by atoms with Gasteiger partial charge in [-0.1, -0.05) is 32.1 Å². The molecule has 3 nitrogen and oxygen atoms in total. The number of ketones is 1. The van der Waals surface area contributed by atoms with E-state index >= 15 is 0 Å². The van der Waals surface area contributed by atoms with Crippen LogP contribution in [0.2, 0.25) is 0 Å². The van der Waals surface area contributed by atoms with Gasteiger partial charge in [0.2, 0.25) is 0 Å². The lowest BCUT2D eigenvalue weighted by Crippen LogP contribution is -2.49. The molecule has 0 aromatic rings. The van der Waals surface area contributed by atoms with Gasteiger partial charge < -0.3 is 4.74 Å². The van der Waals surface area contributed by atoms with E-state index in [-0.39, 0.29) is 28.7 Å². The monoisotopic (exact) mass is 354 g/mol. The Labute approximate surface area is 156 Å². The fourth-order valence-corrected chi connectivity index (χ4v) is 6.81. The summed E-state index contributed by atoms with van der Waals surface area (Å²) in [6, 6.07) is 0. The van der Waals surface area contributed by atoms with E-state index in [0.29, 0.717) is 23.7 Å². The molecule has 140 valence electrons. The Morgan fingerprint density at radius 3 is 2.69 bits per heavy atom. The molecular formula is C23H30O3. The average molecular weight is 354 g/mol. The molecule has 0 bridgehead atoms. The third kappa shape index (κ3) is 2.46. The summed E-state index contributed by atoms with van der Waals surface area (Å²) < 4.78 is 5.59. The summed E-state index contributed by atoms with van der Waals surface area (Å²) in [5, 5.41) is 0. The molecule has 2 fully saturated rings. The lowest BCUT2D eigenvalue weighted by atomic mass is 9.49. The highest BCUT2D eigenvalue weighted by Crippen LogP contribution is 2.65. The van der Waals surface area contributed by atoms with Gasteiger partial charge >= 0.3 is 5.97 Å². The minimum atomic E-state index is -0.171.